The van der Waals surface area contributed by atoms with Crippen molar-refractivity contribution in [1.82, 2.24) is 14.8 Å². The first-order valence-electron chi connectivity index (χ1n) is 2.76. The molecule has 0 fully saturated rings. The normalized spacial score (nSPS) is 9.70. The van der Waals surface area contributed by atoms with Crippen LogP contribution in [0.3, 0.4) is 0 Å². The van der Waals surface area contributed by atoms with Crippen LogP contribution in [0.2, 0.25) is 0 Å². The molecule has 0 aliphatic rings. The smallest absolute Gasteiger partial charge is 0.323 e. The summed E-state index contributed by atoms with van der Waals surface area (Å²) in [6.45, 7) is 1.63. The molecule has 5 heteroatoms. The first-order chi connectivity index (χ1) is 4.70. The van der Waals surface area contributed by atoms with Gasteiger partial charge in [-0.2, -0.15) is 0 Å². The third-order valence-corrected chi connectivity index (χ3v) is 1.11. The van der Waals surface area contributed by atoms with E-state index in [9.17, 15) is 4.79 Å². The second-order valence-electron chi connectivity index (χ2n) is 1.90. The van der Waals surface area contributed by atoms with Crippen molar-refractivity contribution in [3.63, 3.8) is 0 Å². The predicted molar refractivity (Wildman–Crippen MR) is 32.4 cm³/mol. The largest absolute Gasteiger partial charge is 0.480 e. The zero-order valence-electron chi connectivity index (χ0n) is 5.48. The van der Waals surface area contributed by atoms with Gasteiger partial charge in [-0.25, -0.2) is 0 Å². The van der Waals surface area contributed by atoms with E-state index in [1.54, 1.807) is 6.92 Å². The molecule has 54 valence electrons. The molecule has 1 N–H and O–H groups in total. The fourth-order valence-corrected chi connectivity index (χ4v) is 0.614. The van der Waals surface area contributed by atoms with Gasteiger partial charge in [0, 0.05) is 0 Å². The summed E-state index contributed by atoms with van der Waals surface area (Å²) in [5.41, 5.74) is 0. The number of carboxylic acid groups (broad SMARTS) is 1. The summed E-state index contributed by atoms with van der Waals surface area (Å²) >= 11 is 0. The van der Waals surface area contributed by atoms with Crippen molar-refractivity contribution in [1.29, 1.82) is 0 Å². The summed E-state index contributed by atoms with van der Waals surface area (Å²) in [6.07, 6.45) is 1.39. The molecule has 0 amide bonds. The molecule has 0 unspecified atom stereocenters. The van der Waals surface area contributed by atoms with Crippen LogP contribution in [-0.2, 0) is 11.3 Å². The Morgan fingerprint density at radius 1 is 1.90 bits per heavy atom. The molecule has 0 spiro atoms. The number of aromatic nitrogens is 3. The number of hydrogen-bond acceptors (Lipinski definition) is 3. The Labute approximate surface area is 57.3 Å². The Balaban J connectivity index is 2.74. The lowest BCUT2D eigenvalue weighted by molar-refractivity contribution is -0.137. The van der Waals surface area contributed by atoms with Crippen molar-refractivity contribution in [2.45, 2.75) is 13.5 Å². The first kappa shape index (κ1) is 6.73. The third-order valence-electron chi connectivity index (χ3n) is 1.11. The van der Waals surface area contributed by atoms with E-state index >= 15 is 0 Å². The number of hydrogen-bond donors (Lipinski definition) is 1. The minimum atomic E-state index is -0.886. The molecule has 5 nitrogen and oxygen atoms in total. The zero-order chi connectivity index (χ0) is 7.56. The molecule has 0 aliphatic carbocycles. The summed E-state index contributed by atoms with van der Waals surface area (Å²) in [7, 11) is 0. The monoisotopic (exact) mass is 141 g/mol. The molecule has 0 radical (unpaired) electrons. The molecule has 1 heterocycles. The van der Waals surface area contributed by atoms with Crippen LogP contribution in [0.1, 0.15) is 5.82 Å². The summed E-state index contributed by atoms with van der Waals surface area (Å²) in [5.74, 6) is -0.273. The Kier molecular flexibility index (Phi) is 1.66. The van der Waals surface area contributed by atoms with E-state index in [2.05, 4.69) is 10.2 Å². The lowest BCUT2D eigenvalue weighted by atomic mass is 10.6. The highest BCUT2D eigenvalue weighted by atomic mass is 16.4. The lowest BCUT2D eigenvalue weighted by Crippen LogP contribution is -2.08. The van der Waals surface area contributed by atoms with E-state index in [0.717, 1.165) is 0 Å². The zero-order valence-corrected chi connectivity index (χ0v) is 5.48. The van der Waals surface area contributed by atoms with Crippen LogP contribution in [0.5, 0.6) is 0 Å². The SMILES string of the molecule is Cc1nncn1CC(=O)O. The van der Waals surface area contributed by atoms with Crippen molar-refractivity contribution in [2.75, 3.05) is 0 Å². The number of rotatable bonds is 2. The average molecular weight is 141 g/mol. The average Bonchev–Trinajstić information content (AvgIpc) is 2.15. The van der Waals surface area contributed by atoms with E-state index in [-0.39, 0.29) is 6.54 Å². The van der Waals surface area contributed by atoms with E-state index in [1.165, 1.54) is 10.9 Å². The highest BCUT2D eigenvalue weighted by Crippen LogP contribution is 1.90. The maximum Gasteiger partial charge on any atom is 0.323 e. The van der Waals surface area contributed by atoms with Gasteiger partial charge in [0.25, 0.3) is 0 Å². The summed E-state index contributed by atoms with van der Waals surface area (Å²) in [5, 5.41) is 15.5. The van der Waals surface area contributed by atoms with Gasteiger partial charge >= 0.3 is 5.97 Å². The molecule has 0 atom stereocenters. The minimum Gasteiger partial charge on any atom is -0.480 e. The van der Waals surface area contributed by atoms with Crippen LogP contribution in [0.15, 0.2) is 6.33 Å². The molecule has 1 aromatic heterocycles. The molecular weight excluding hydrogens is 134 g/mol. The van der Waals surface area contributed by atoms with Crippen LogP contribution in [0.25, 0.3) is 0 Å². The van der Waals surface area contributed by atoms with Crippen LogP contribution in [0, 0.1) is 6.92 Å². The summed E-state index contributed by atoms with van der Waals surface area (Å²) < 4.78 is 1.46. The summed E-state index contributed by atoms with van der Waals surface area (Å²) in [4.78, 5) is 10.1. The van der Waals surface area contributed by atoms with Crippen molar-refractivity contribution >= 4 is 5.97 Å². The third kappa shape index (κ3) is 1.31. The molecule has 0 bridgehead atoms. The molecule has 1 rings (SSSR count). The Bertz CT molecular complexity index is 243. The van der Waals surface area contributed by atoms with Crippen molar-refractivity contribution in [3.05, 3.63) is 12.2 Å². The summed E-state index contributed by atoms with van der Waals surface area (Å²) in [6, 6.07) is 0. The van der Waals surface area contributed by atoms with E-state index in [1.807, 2.05) is 0 Å². The van der Waals surface area contributed by atoms with Crippen LogP contribution < -0.4 is 0 Å². The van der Waals surface area contributed by atoms with Crippen LogP contribution in [-0.4, -0.2) is 25.8 Å². The maximum absolute atomic E-state index is 10.1. The molecule has 0 saturated carbocycles. The molecular formula is C5H7N3O2. The van der Waals surface area contributed by atoms with E-state index < -0.39 is 5.97 Å². The van der Waals surface area contributed by atoms with E-state index in [4.69, 9.17) is 5.11 Å². The van der Waals surface area contributed by atoms with Gasteiger partial charge in [0.05, 0.1) is 0 Å². The topological polar surface area (TPSA) is 68.0 Å². The quantitative estimate of drug-likeness (QED) is 0.612. The Morgan fingerprint density at radius 2 is 2.60 bits per heavy atom. The highest BCUT2D eigenvalue weighted by molar-refractivity contribution is 5.66. The second kappa shape index (κ2) is 2.47. The standard InChI is InChI=1S/C5H7N3O2/c1-4-7-6-3-8(4)2-5(9)10/h3H,2H2,1H3,(H,9,10). The van der Waals surface area contributed by atoms with Gasteiger partial charge in [0.2, 0.25) is 0 Å². The second-order valence-corrected chi connectivity index (χ2v) is 1.90. The predicted octanol–water partition coefficient (Wildman–Crippen LogP) is -0.329. The van der Waals surface area contributed by atoms with Gasteiger partial charge in [-0.15, -0.1) is 10.2 Å². The van der Waals surface area contributed by atoms with Gasteiger partial charge in [0.15, 0.2) is 0 Å². The van der Waals surface area contributed by atoms with Crippen molar-refractivity contribution in [3.8, 4) is 0 Å². The fraction of sp³-hybridized carbons (Fsp3) is 0.400. The molecule has 0 saturated heterocycles. The minimum absolute atomic E-state index is 0.0706. The Hall–Kier alpha value is -1.39. The van der Waals surface area contributed by atoms with Crippen molar-refractivity contribution in [2.24, 2.45) is 0 Å². The molecule has 0 aromatic carbocycles. The maximum atomic E-state index is 10.1. The van der Waals surface area contributed by atoms with Gasteiger partial charge in [-0.1, -0.05) is 0 Å². The number of aryl methyl sites for hydroxylation is 1. The van der Waals surface area contributed by atoms with Crippen molar-refractivity contribution < 1.29 is 9.90 Å². The molecule has 0 aliphatic heterocycles. The van der Waals surface area contributed by atoms with Gasteiger partial charge in [-0.05, 0) is 6.92 Å². The van der Waals surface area contributed by atoms with E-state index in [0.29, 0.717) is 5.82 Å². The number of carboxylic acids is 1. The van der Waals surface area contributed by atoms with Gasteiger partial charge < -0.3 is 9.67 Å². The molecule has 10 heavy (non-hydrogen) atoms. The van der Waals surface area contributed by atoms with Gasteiger partial charge in [0.1, 0.15) is 18.7 Å². The molecule has 1 aromatic rings. The van der Waals surface area contributed by atoms with Gasteiger partial charge in [-0.3, -0.25) is 4.79 Å². The fourth-order valence-electron chi connectivity index (χ4n) is 0.614. The number of nitrogens with zero attached hydrogens (tertiary/aromatic N) is 3. The van der Waals surface area contributed by atoms with Crippen LogP contribution in [0.4, 0.5) is 0 Å². The number of carbonyl (C=O) groups is 1. The Morgan fingerprint density at radius 3 is 3.00 bits per heavy atom. The lowest BCUT2D eigenvalue weighted by Gasteiger charge is -1.95. The highest BCUT2D eigenvalue weighted by Gasteiger charge is 2.01. The number of aliphatic carboxylic acids is 1. The first-order valence-corrected chi connectivity index (χ1v) is 2.76. The van der Waals surface area contributed by atoms with Crippen LogP contribution >= 0.6 is 0 Å².